The van der Waals surface area contributed by atoms with Gasteiger partial charge in [-0.1, -0.05) is 0 Å². The number of carbonyl (C=O) groups excluding carboxylic acids is 1. The van der Waals surface area contributed by atoms with Crippen molar-refractivity contribution in [3.8, 4) is 0 Å². The van der Waals surface area contributed by atoms with Crippen molar-refractivity contribution in [2.75, 3.05) is 26.7 Å². The smallest absolute Gasteiger partial charge is 0.246 e. The van der Waals surface area contributed by atoms with Gasteiger partial charge in [0, 0.05) is 50.6 Å². The van der Waals surface area contributed by atoms with Gasteiger partial charge in [0.2, 0.25) is 5.91 Å². The molecule has 0 saturated carbocycles. The van der Waals surface area contributed by atoms with E-state index < -0.39 is 0 Å². The highest BCUT2D eigenvalue weighted by atomic mass is 16.2. The third-order valence-electron chi connectivity index (χ3n) is 3.26. The minimum Gasteiger partial charge on any atom is -0.334 e. The molecule has 1 fully saturated rings. The molecule has 0 N–H and O–H groups in total. The van der Waals surface area contributed by atoms with Crippen LogP contribution in [0, 0.1) is 0 Å². The van der Waals surface area contributed by atoms with Gasteiger partial charge in [0.15, 0.2) is 0 Å². The zero-order chi connectivity index (χ0) is 13.1. The van der Waals surface area contributed by atoms with E-state index in [1.807, 2.05) is 24.2 Å². The molecular formula is C13H20N4O. The van der Waals surface area contributed by atoms with Crippen LogP contribution >= 0.6 is 0 Å². The lowest BCUT2D eigenvalue weighted by Gasteiger charge is -2.37. The highest BCUT2D eigenvalue weighted by Crippen LogP contribution is 2.09. The number of aryl methyl sites for hydroxylation is 1. The van der Waals surface area contributed by atoms with Crippen molar-refractivity contribution in [1.29, 1.82) is 0 Å². The van der Waals surface area contributed by atoms with Crippen molar-refractivity contribution in [3.05, 3.63) is 24.0 Å². The molecule has 2 heterocycles. The number of hydrogen-bond acceptors (Lipinski definition) is 3. The Balaban J connectivity index is 1.97. The first-order chi connectivity index (χ1) is 8.56. The molecule has 1 saturated heterocycles. The van der Waals surface area contributed by atoms with Crippen molar-refractivity contribution in [2.24, 2.45) is 7.05 Å². The van der Waals surface area contributed by atoms with Crippen molar-refractivity contribution in [2.45, 2.75) is 13.0 Å². The number of amides is 1. The van der Waals surface area contributed by atoms with Gasteiger partial charge in [-0.3, -0.25) is 9.48 Å². The number of piperazine rings is 1. The van der Waals surface area contributed by atoms with Crippen LogP contribution in [0.4, 0.5) is 0 Å². The lowest BCUT2D eigenvalue weighted by atomic mass is 10.2. The van der Waals surface area contributed by atoms with E-state index in [9.17, 15) is 4.79 Å². The Labute approximate surface area is 108 Å². The highest BCUT2D eigenvalue weighted by Gasteiger charge is 2.23. The third kappa shape index (κ3) is 2.98. The average Bonchev–Trinajstić information content (AvgIpc) is 2.72. The summed E-state index contributed by atoms with van der Waals surface area (Å²) in [4.78, 5) is 16.3. The van der Waals surface area contributed by atoms with E-state index in [0.29, 0.717) is 0 Å². The Bertz CT molecular complexity index is 452. The summed E-state index contributed by atoms with van der Waals surface area (Å²) in [5.41, 5.74) is 0.952. The van der Waals surface area contributed by atoms with Gasteiger partial charge < -0.3 is 9.80 Å². The Morgan fingerprint density at radius 1 is 1.44 bits per heavy atom. The molecule has 0 bridgehead atoms. The van der Waals surface area contributed by atoms with Crippen LogP contribution in [0.2, 0.25) is 0 Å². The first-order valence-electron chi connectivity index (χ1n) is 6.22. The first-order valence-corrected chi connectivity index (χ1v) is 6.22. The summed E-state index contributed by atoms with van der Waals surface area (Å²) in [6, 6.07) is 0.273. The fourth-order valence-corrected chi connectivity index (χ4v) is 2.26. The molecule has 1 unspecified atom stereocenters. The molecule has 1 aliphatic rings. The van der Waals surface area contributed by atoms with Gasteiger partial charge in [-0.25, -0.2) is 0 Å². The maximum Gasteiger partial charge on any atom is 0.246 e. The normalized spacial score (nSPS) is 21.7. The van der Waals surface area contributed by atoms with Crippen LogP contribution in [0.3, 0.4) is 0 Å². The molecule has 5 heteroatoms. The lowest BCUT2D eigenvalue weighted by molar-refractivity contribution is -0.130. The van der Waals surface area contributed by atoms with Crippen molar-refractivity contribution < 1.29 is 4.79 Å². The Kier molecular flexibility index (Phi) is 3.81. The Morgan fingerprint density at radius 3 is 2.83 bits per heavy atom. The number of carbonyl (C=O) groups is 1. The standard InChI is InChI=1S/C13H20N4O/c1-11-9-15(2)6-7-17(11)13(18)5-4-12-8-14-16(3)10-12/h4-5,8,10-11H,6-7,9H2,1-3H3/b5-4+. The summed E-state index contributed by atoms with van der Waals surface area (Å²) in [5, 5.41) is 4.07. The molecule has 18 heavy (non-hydrogen) atoms. The number of nitrogens with zero attached hydrogens (tertiary/aromatic N) is 4. The predicted octanol–water partition coefficient (Wildman–Crippen LogP) is 0.596. The molecule has 5 nitrogen and oxygen atoms in total. The zero-order valence-corrected chi connectivity index (χ0v) is 11.2. The summed E-state index contributed by atoms with van der Waals surface area (Å²) in [7, 11) is 3.95. The molecule has 1 aromatic heterocycles. The highest BCUT2D eigenvalue weighted by molar-refractivity contribution is 5.92. The number of likely N-dealkylation sites (N-methyl/N-ethyl adjacent to an activating group) is 1. The van der Waals surface area contributed by atoms with Crippen LogP contribution < -0.4 is 0 Å². The summed E-state index contributed by atoms with van der Waals surface area (Å²) in [6.45, 7) is 4.77. The summed E-state index contributed by atoms with van der Waals surface area (Å²) < 4.78 is 1.72. The minimum absolute atomic E-state index is 0.0828. The Morgan fingerprint density at radius 2 is 2.22 bits per heavy atom. The monoisotopic (exact) mass is 248 g/mol. The predicted molar refractivity (Wildman–Crippen MR) is 70.9 cm³/mol. The van der Waals surface area contributed by atoms with Crippen LogP contribution in [0.15, 0.2) is 18.5 Å². The van der Waals surface area contributed by atoms with E-state index in [2.05, 4.69) is 24.0 Å². The topological polar surface area (TPSA) is 41.4 Å². The molecular weight excluding hydrogens is 228 g/mol. The zero-order valence-electron chi connectivity index (χ0n) is 11.2. The van der Waals surface area contributed by atoms with Crippen molar-refractivity contribution in [3.63, 3.8) is 0 Å². The van der Waals surface area contributed by atoms with Gasteiger partial charge >= 0.3 is 0 Å². The molecule has 2 rings (SSSR count). The number of aromatic nitrogens is 2. The third-order valence-corrected chi connectivity index (χ3v) is 3.26. The number of hydrogen-bond donors (Lipinski definition) is 0. The van der Waals surface area contributed by atoms with Crippen LogP contribution in [-0.4, -0.2) is 58.2 Å². The van der Waals surface area contributed by atoms with Crippen LogP contribution in [0.25, 0.3) is 6.08 Å². The van der Waals surface area contributed by atoms with E-state index in [1.165, 1.54) is 0 Å². The quantitative estimate of drug-likeness (QED) is 0.720. The fourth-order valence-electron chi connectivity index (χ4n) is 2.26. The second kappa shape index (κ2) is 5.35. The van der Waals surface area contributed by atoms with Gasteiger partial charge in [0.25, 0.3) is 0 Å². The molecule has 1 aromatic rings. The van der Waals surface area contributed by atoms with Crippen LogP contribution in [-0.2, 0) is 11.8 Å². The summed E-state index contributed by atoms with van der Waals surface area (Å²) in [5.74, 6) is 0.0828. The molecule has 0 radical (unpaired) electrons. The molecule has 0 aliphatic carbocycles. The van der Waals surface area contributed by atoms with Crippen molar-refractivity contribution >= 4 is 12.0 Å². The van der Waals surface area contributed by atoms with E-state index >= 15 is 0 Å². The van der Waals surface area contributed by atoms with Crippen molar-refractivity contribution in [1.82, 2.24) is 19.6 Å². The summed E-state index contributed by atoms with van der Waals surface area (Å²) in [6.07, 6.45) is 7.09. The van der Waals surface area contributed by atoms with Gasteiger partial charge in [-0.05, 0) is 20.0 Å². The van der Waals surface area contributed by atoms with E-state index in [4.69, 9.17) is 0 Å². The molecule has 1 amide bonds. The van der Waals surface area contributed by atoms with Gasteiger partial charge in [0.05, 0.1) is 6.20 Å². The fraction of sp³-hybridized carbons (Fsp3) is 0.538. The Hall–Kier alpha value is -1.62. The molecule has 0 spiro atoms. The molecule has 1 atom stereocenters. The first kappa shape index (κ1) is 12.8. The molecule has 1 aliphatic heterocycles. The van der Waals surface area contributed by atoms with Gasteiger partial charge in [0.1, 0.15) is 0 Å². The maximum absolute atomic E-state index is 12.1. The number of rotatable bonds is 2. The van der Waals surface area contributed by atoms with Gasteiger partial charge in [-0.15, -0.1) is 0 Å². The minimum atomic E-state index is 0.0828. The van der Waals surface area contributed by atoms with Crippen LogP contribution in [0.5, 0.6) is 0 Å². The van der Waals surface area contributed by atoms with E-state index in [1.54, 1.807) is 17.0 Å². The molecule has 98 valence electrons. The van der Waals surface area contributed by atoms with Crippen LogP contribution in [0.1, 0.15) is 12.5 Å². The lowest BCUT2D eigenvalue weighted by Crippen LogP contribution is -2.52. The SMILES string of the molecule is CC1CN(C)CCN1C(=O)/C=C/c1cnn(C)c1. The molecule has 0 aromatic carbocycles. The van der Waals surface area contributed by atoms with Gasteiger partial charge in [-0.2, -0.15) is 5.10 Å². The average molecular weight is 248 g/mol. The largest absolute Gasteiger partial charge is 0.334 e. The van der Waals surface area contributed by atoms with E-state index in [0.717, 1.165) is 25.2 Å². The second-order valence-electron chi connectivity index (χ2n) is 4.92. The second-order valence-corrected chi connectivity index (χ2v) is 4.92. The maximum atomic E-state index is 12.1. The summed E-state index contributed by atoms with van der Waals surface area (Å²) >= 11 is 0. The van der Waals surface area contributed by atoms with E-state index in [-0.39, 0.29) is 11.9 Å².